The number of carbonyl (C=O) groups excluding carboxylic acids is 2. The highest BCUT2D eigenvalue weighted by atomic mass is 16.6. The first-order valence-electron chi connectivity index (χ1n) is 11.5. The topological polar surface area (TPSA) is 126 Å². The molecule has 0 saturated carbocycles. The van der Waals surface area contributed by atoms with Crippen LogP contribution in [-0.2, 0) is 11.2 Å². The van der Waals surface area contributed by atoms with E-state index < -0.39 is 11.5 Å². The first-order chi connectivity index (χ1) is 15.6. The number of anilines is 1. The summed E-state index contributed by atoms with van der Waals surface area (Å²) in [4.78, 5) is 26.7. The monoisotopic (exact) mass is 455 g/mol. The second-order valence-corrected chi connectivity index (χ2v) is 9.82. The second-order valence-electron chi connectivity index (χ2n) is 9.82. The van der Waals surface area contributed by atoms with E-state index in [1.807, 2.05) is 45.0 Å². The summed E-state index contributed by atoms with van der Waals surface area (Å²) >= 11 is 0. The molecule has 9 nitrogen and oxygen atoms in total. The normalized spacial score (nSPS) is 21.0. The number of benzene rings is 1. The summed E-state index contributed by atoms with van der Waals surface area (Å²) in [5.74, 6) is 0.470. The van der Waals surface area contributed by atoms with Crippen LogP contribution < -0.4 is 16.2 Å². The molecule has 1 unspecified atom stereocenters. The average Bonchev–Trinajstić information content (AvgIpc) is 2.95. The zero-order valence-corrected chi connectivity index (χ0v) is 19.5. The van der Waals surface area contributed by atoms with Crippen molar-refractivity contribution in [2.24, 2.45) is 5.73 Å². The Hall–Kier alpha value is -3.23. The molecule has 2 aromatic rings. The lowest BCUT2D eigenvalue weighted by Gasteiger charge is -2.34. The lowest BCUT2D eigenvalue weighted by Crippen LogP contribution is -2.43. The van der Waals surface area contributed by atoms with Crippen molar-refractivity contribution in [2.45, 2.75) is 64.0 Å². The number of aromatic nitrogens is 2. The quantitative estimate of drug-likeness (QED) is 0.732. The Bertz CT molecular complexity index is 1040. The molecular formula is C24H33N5O4. The molecule has 3 heterocycles. The minimum Gasteiger partial charge on any atom is -0.493 e. The van der Waals surface area contributed by atoms with Gasteiger partial charge in [-0.1, -0.05) is 18.2 Å². The maximum Gasteiger partial charge on any atom is 0.410 e. The summed E-state index contributed by atoms with van der Waals surface area (Å²) in [5, 5.41) is 4.82. The molecule has 0 radical (unpaired) electrons. The fourth-order valence-electron chi connectivity index (χ4n) is 4.65. The third-order valence-electron chi connectivity index (χ3n) is 6.16. The zero-order valence-electron chi connectivity index (χ0n) is 19.5. The van der Waals surface area contributed by atoms with E-state index >= 15 is 0 Å². The van der Waals surface area contributed by atoms with E-state index in [1.165, 1.54) is 0 Å². The Labute approximate surface area is 194 Å². The van der Waals surface area contributed by atoms with Crippen molar-refractivity contribution < 1.29 is 19.1 Å². The second kappa shape index (κ2) is 8.96. The zero-order chi connectivity index (χ0) is 23.8. The maximum atomic E-state index is 12.6. The average molecular weight is 456 g/mol. The van der Waals surface area contributed by atoms with Gasteiger partial charge in [-0.25, -0.2) is 9.48 Å². The number of nitrogen functional groups attached to an aromatic ring is 1. The van der Waals surface area contributed by atoms with Crippen LogP contribution in [0.1, 0.15) is 73.6 Å². The first-order valence-corrected chi connectivity index (χ1v) is 11.5. The number of rotatable bonds is 3. The van der Waals surface area contributed by atoms with E-state index in [0.717, 1.165) is 24.2 Å². The van der Waals surface area contributed by atoms with Gasteiger partial charge in [-0.05, 0) is 58.1 Å². The van der Waals surface area contributed by atoms with Crippen LogP contribution in [0.5, 0.6) is 5.75 Å². The van der Waals surface area contributed by atoms with Gasteiger partial charge in [-0.2, -0.15) is 5.10 Å². The molecule has 4 N–H and O–H groups in total. The van der Waals surface area contributed by atoms with E-state index in [1.54, 1.807) is 9.58 Å². The van der Waals surface area contributed by atoms with Gasteiger partial charge in [-0.3, -0.25) is 4.79 Å². The van der Waals surface area contributed by atoms with Gasteiger partial charge < -0.3 is 25.8 Å². The minimum atomic E-state index is -0.591. The molecule has 0 bridgehead atoms. The Morgan fingerprint density at radius 1 is 1.21 bits per heavy atom. The van der Waals surface area contributed by atoms with Crippen molar-refractivity contribution in [3.63, 3.8) is 0 Å². The van der Waals surface area contributed by atoms with Gasteiger partial charge in [0.15, 0.2) is 0 Å². The third-order valence-corrected chi connectivity index (χ3v) is 6.16. The number of amides is 2. The van der Waals surface area contributed by atoms with Crippen LogP contribution in [0.3, 0.4) is 0 Å². The maximum absolute atomic E-state index is 12.6. The Kier molecular flexibility index (Phi) is 6.23. The molecule has 1 fully saturated rings. The Morgan fingerprint density at radius 2 is 1.97 bits per heavy atom. The van der Waals surface area contributed by atoms with Crippen LogP contribution in [-0.4, -0.2) is 52.0 Å². The number of primary amides is 1. The number of para-hydroxylation sites is 1. The van der Waals surface area contributed by atoms with Crippen molar-refractivity contribution in [3.05, 3.63) is 41.1 Å². The summed E-state index contributed by atoms with van der Waals surface area (Å²) in [6.45, 7) is 7.07. The van der Waals surface area contributed by atoms with Gasteiger partial charge in [0.2, 0.25) is 0 Å². The number of fused-ring (bicyclic) bond motifs is 1. The summed E-state index contributed by atoms with van der Waals surface area (Å²) in [7, 11) is 0. The number of carbonyl (C=O) groups is 2. The predicted molar refractivity (Wildman–Crippen MR) is 124 cm³/mol. The molecule has 2 aliphatic rings. The summed E-state index contributed by atoms with van der Waals surface area (Å²) < 4.78 is 13.1. The van der Waals surface area contributed by atoms with Crippen LogP contribution in [0.2, 0.25) is 0 Å². The molecule has 178 valence electrons. The van der Waals surface area contributed by atoms with E-state index in [9.17, 15) is 9.59 Å². The number of ether oxygens (including phenoxy) is 2. The summed E-state index contributed by atoms with van der Waals surface area (Å²) in [6.07, 6.45) is 2.60. The van der Waals surface area contributed by atoms with Gasteiger partial charge in [-0.15, -0.1) is 0 Å². The molecule has 1 saturated heterocycles. The van der Waals surface area contributed by atoms with Gasteiger partial charge in [0.25, 0.3) is 5.91 Å². The Balaban J connectivity index is 1.62. The van der Waals surface area contributed by atoms with E-state index in [4.69, 9.17) is 26.0 Å². The minimum absolute atomic E-state index is 0.0507. The van der Waals surface area contributed by atoms with Crippen molar-refractivity contribution in [2.75, 3.05) is 25.4 Å². The SMILES string of the molecule is CC(C)(C)OC(=O)N1CCC[C@@H](n2nc(C3CCOc4ccccc4C3)c(C(N)=O)c2N)C1. The number of nitrogens with two attached hydrogens (primary N) is 2. The van der Waals surface area contributed by atoms with E-state index in [-0.39, 0.29) is 29.4 Å². The van der Waals surface area contributed by atoms with Gasteiger partial charge >= 0.3 is 6.09 Å². The molecule has 1 aromatic heterocycles. The van der Waals surface area contributed by atoms with Crippen LogP contribution in [0.4, 0.5) is 10.6 Å². The number of piperidine rings is 1. The lowest BCUT2D eigenvalue weighted by atomic mass is 9.91. The molecule has 0 aliphatic carbocycles. The van der Waals surface area contributed by atoms with E-state index in [2.05, 4.69) is 0 Å². The van der Waals surface area contributed by atoms with Crippen molar-refractivity contribution >= 4 is 17.8 Å². The van der Waals surface area contributed by atoms with Crippen LogP contribution >= 0.6 is 0 Å². The standard InChI is InChI=1S/C24H33N5O4/c1-24(2,3)33-23(31)28-11-6-8-17(14-28)29-21(25)19(22(26)30)20(27-29)16-10-12-32-18-9-5-4-7-15(18)13-16/h4-5,7,9,16-17H,6,8,10-14,25H2,1-3H3,(H2,26,30)/t16?,17-/m1/s1. The molecule has 0 spiro atoms. The lowest BCUT2D eigenvalue weighted by molar-refractivity contribution is 0.0168. The Morgan fingerprint density at radius 3 is 2.70 bits per heavy atom. The highest BCUT2D eigenvalue weighted by molar-refractivity contribution is 5.98. The van der Waals surface area contributed by atoms with Crippen molar-refractivity contribution in [3.8, 4) is 5.75 Å². The number of nitrogens with zero attached hydrogens (tertiary/aromatic N) is 3. The van der Waals surface area contributed by atoms with Gasteiger partial charge in [0.05, 0.1) is 18.3 Å². The summed E-state index contributed by atoms with van der Waals surface area (Å²) in [6, 6.07) is 7.73. The van der Waals surface area contributed by atoms with Crippen LogP contribution in [0.25, 0.3) is 0 Å². The molecule has 33 heavy (non-hydrogen) atoms. The molecule has 2 aliphatic heterocycles. The van der Waals surface area contributed by atoms with Crippen LogP contribution in [0.15, 0.2) is 24.3 Å². The number of hydrogen-bond acceptors (Lipinski definition) is 6. The number of hydrogen-bond donors (Lipinski definition) is 2. The summed E-state index contributed by atoms with van der Waals surface area (Å²) in [5.41, 5.74) is 13.6. The molecular weight excluding hydrogens is 422 g/mol. The van der Waals surface area contributed by atoms with E-state index in [0.29, 0.717) is 38.2 Å². The molecule has 4 rings (SSSR count). The highest BCUT2D eigenvalue weighted by Gasteiger charge is 2.34. The van der Waals surface area contributed by atoms with Gasteiger partial charge in [0.1, 0.15) is 22.7 Å². The van der Waals surface area contributed by atoms with Crippen LogP contribution in [0, 0.1) is 0 Å². The highest BCUT2D eigenvalue weighted by Crippen LogP contribution is 2.36. The van der Waals surface area contributed by atoms with Gasteiger partial charge in [0, 0.05) is 19.0 Å². The molecule has 9 heteroatoms. The first kappa shape index (κ1) is 22.9. The predicted octanol–water partition coefficient (Wildman–Crippen LogP) is 3.25. The molecule has 2 atom stereocenters. The largest absolute Gasteiger partial charge is 0.493 e. The third kappa shape index (κ3) is 4.91. The van der Waals surface area contributed by atoms with Crippen molar-refractivity contribution in [1.82, 2.24) is 14.7 Å². The fourth-order valence-corrected chi connectivity index (χ4v) is 4.65. The smallest absolute Gasteiger partial charge is 0.410 e. The van der Waals surface area contributed by atoms with Crippen molar-refractivity contribution in [1.29, 1.82) is 0 Å². The fraction of sp³-hybridized carbons (Fsp3) is 0.542. The number of likely N-dealkylation sites (tertiary alicyclic amines) is 1. The molecule has 1 aromatic carbocycles. The molecule has 2 amide bonds.